The molecule has 7 heteroatoms. The van der Waals surface area contributed by atoms with Crippen molar-refractivity contribution in [3.8, 4) is 0 Å². The molecule has 0 amide bonds. The molecule has 3 fully saturated rings. The van der Waals surface area contributed by atoms with Gasteiger partial charge >= 0.3 is 0 Å². The topological polar surface area (TPSA) is 52.6 Å². The molecule has 3 rings (SSSR count). The summed E-state index contributed by atoms with van der Waals surface area (Å²) in [4.78, 5) is 0. The highest BCUT2D eigenvalue weighted by atomic mass is 35.5. The predicted octanol–water partition coefficient (Wildman–Crippen LogP) is 0.941. The summed E-state index contributed by atoms with van der Waals surface area (Å²) in [6.07, 6.45) is 0.161. The van der Waals surface area contributed by atoms with Crippen LogP contribution in [0.25, 0.3) is 0 Å². The van der Waals surface area contributed by atoms with Crippen molar-refractivity contribution >= 4 is 33.5 Å². The molecule has 3 saturated heterocycles. The molecule has 15 heavy (non-hydrogen) atoms. The van der Waals surface area contributed by atoms with Crippen molar-refractivity contribution in [2.75, 3.05) is 0 Å². The van der Waals surface area contributed by atoms with Gasteiger partial charge in [0.15, 0.2) is 0 Å². The van der Waals surface area contributed by atoms with E-state index < -0.39 is 15.7 Å². The first-order valence-corrected chi connectivity index (χ1v) is 7.71. The lowest BCUT2D eigenvalue weighted by molar-refractivity contribution is -0.0248. The molecule has 3 aliphatic heterocycles. The predicted molar refractivity (Wildman–Crippen MR) is 57.6 cm³/mol. The number of halogens is 1. The maximum absolute atomic E-state index is 11.6. The number of ether oxygens (including phenoxy) is 1. The Labute approximate surface area is 97.8 Å². The first-order chi connectivity index (χ1) is 6.99. The van der Waals surface area contributed by atoms with Crippen molar-refractivity contribution in [3.63, 3.8) is 0 Å². The van der Waals surface area contributed by atoms with Crippen LogP contribution in [0.5, 0.6) is 0 Å². The minimum absolute atomic E-state index is 0.0559. The standard InChI is InChI=1S/C8H11ClO4S2/c1-3(9)12-6-4-2-5-8(14-4)7(6)13-15(5,10)11/h3-8H,2H2,1H3. The van der Waals surface area contributed by atoms with Crippen molar-refractivity contribution in [2.45, 2.75) is 46.9 Å². The number of hydrogen-bond acceptors (Lipinski definition) is 5. The van der Waals surface area contributed by atoms with E-state index >= 15 is 0 Å². The van der Waals surface area contributed by atoms with E-state index in [-0.39, 0.29) is 28.0 Å². The molecular weight excluding hydrogens is 260 g/mol. The maximum Gasteiger partial charge on any atom is 0.271 e. The summed E-state index contributed by atoms with van der Waals surface area (Å²) < 4.78 is 33.8. The summed E-state index contributed by atoms with van der Waals surface area (Å²) in [5.74, 6) is 0. The van der Waals surface area contributed by atoms with Gasteiger partial charge in [-0.15, -0.1) is 11.8 Å². The Kier molecular flexibility index (Phi) is 2.31. The van der Waals surface area contributed by atoms with Gasteiger partial charge in [0.2, 0.25) is 0 Å². The van der Waals surface area contributed by atoms with Crippen molar-refractivity contribution in [1.29, 1.82) is 0 Å². The molecule has 86 valence electrons. The molecule has 0 aromatic carbocycles. The second kappa shape index (κ2) is 3.26. The van der Waals surface area contributed by atoms with Crippen molar-refractivity contribution in [2.24, 2.45) is 0 Å². The highest BCUT2D eigenvalue weighted by molar-refractivity contribution is 8.03. The molecule has 6 atom stereocenters. The number of thioether (sulfide) groups is 1. The summed E-state index contributed by atoms with van der Waals surface area (Å²) >= 11 is 7.44. The van der Waals surface area contributed by atoms with E-state index in [9.17, 15) is 8.42 Å². The van der Waals surface area contributed by atoms with Gasteiger partial charge in [0.1, 0.15) is 23.0 Å². The Balaban J connectivity index is 1.88. The average Bonchev–Trinajstić information content (AvgIpc) is 2.67. The Morgan fingerprint density at radius 3 is 3.00 bits per heavy atom. The van der Waals surface area contributed by atoms with Crippen LogP contribution in [0.1, 0.15) is 13.3 Å². The van der Waals surface area contributed by atoms with E-state index in [0.29, 0.717) is 6.42 Å². The third-order valence-electron chi connectivity index (χ3n) is 3.14. The van der Waals surface area contributed by atoms with Gasteiger partial charge in [-0.1, -0.05) is 11.6 Å². The first kappa shape index (κ1) is 10.7. The smallest absolute Gasteiger partial charge is 0.271 e. The van der Waals surface area contributed by atoms with E-state index in [1.54, 1.807) is 18.7 Å². The molecule has 0 aliphatic carbocycles. The zero-order chi connectivity index (χ0) is 10.8. The van der Waals surface area contributed by atoms with Crippen LogP contribution < -0.4 is 0 Å². The van der Waals surface area contributed by atoms with E-state index in [2.05, 4.69) is 0 Å². The maximum atomic E-state index is 11.6. The Hall–Kier alpha value is 0.510. The van der Waals surface area contributed by atoms with Gasteiger partial charge in [-0.25, -0.2) is 0 Å². The first-order valence-electron chi connectivity index (χ1n) is 4.86. The van der Waals surface area contributed by atoms with Crippen LogP contribution in [-0.4, -0.2) is 41.9 Å². The van der Waals surface area contributed by atoms with Crippen LogP contribution >= 0.6 is 23.4 Å². The van der Waals surface area contributed by atoms with Crippen LogP contribution in [0.15, 0.2) is 0 Å². The quantitative estimate of drug-likeness (QED) is 0.552. The van der Waals surface area contributed by atoms with Crippen LogP contribution in [-0.2, 0) is 19.0 Å². The highest BCUT2D eigenvalue weighted by Gasteiger charge is 2.65. The third kappa shape index (κ3) is 1.45. The van der Waals surface area contributed by atoms with E-state index in [4.69, 9.17) is 20.5 Å². The van der Waals surface area contributed by atoms with Gasteiger partial charge in [-0.2, -0.15) is 8.42 Å². The molecule has 3 heterocycles. The van der Waals surface area contributed by atoms with E-state index in [1.807, 2.05) is 0 Å². The van der Waals surface area contributed by atoms with Crippen molar-refractivity contribution in [3.05, 3.63) is 0 Å². The normalized spacial score (nSPS) is 52.3. The number of fused-ring (bicyclic) bond motifs is 1. The van der Waals surface area contributed by atoms with Gasteiger partial charge in [0.25, 0.3) is 10.1 Å². The Morgan fingerprint density at radius 1 is 1.60 bits per heavy atom. The molecule has 3 aliphatic rings. The van der Waals surface area contributed by atoms with E-state index in [1.165, 1.54) is 0 Å². The molecule has 0 aromatic heterocycles. The van der Waals surface area contributed by atoms with Crippen LogP contribution in [0, 0.1) is 0 Å². The number of rotatable bonds is 2. The SMILES string of the molecule is CC(Cl)OC1C2CC3C(S2)C1OS3(=O)=O. The lowest BCUT2D eigenvalue weighted by Crippen LogP contribution is -2.41. The molecule has 0 spiro atoms. The third-order valence-corrected chi connectivity index (χ3v) is 6.85. The van der Waals surface area contributed by atoms with Crippen LogP contribution in [0.3, 0.4) is 0 Å². The van der Waals surface area contributed by atoms with Gasteiger partial charge in [0, 0.05) is 5.25 Å². The summed E-state index contributed by atoms with van der Waals surface area (Å²) in [6, 6.07) is 0. The second-order valence-electron chi connectivity index (χ2n) is 4.11. The average molecular weight is 271 g/mol. The summed E-state index contributed by atoms with van der Waals surface area (Å²) in [7, 11) is -3.34. The fourth-order valence-electron chi connectivity index (χ4n) is 2.61. The zero-order valence-corrected chi connectivity index (χ0v) is 10.4. The molecule has 2 bridgehead atoms. The van der Waals surface area contributed by atoms with Crippen LogP contribution in [0.4, 0.5) is 0 Å². The number of hydrogen-bond donors (Lipinski definition) is 0. The van der Waals surface area contributed by atoms with E-state index in [0.717, 1.165) is 0 Å². The minimum Gasteiger partial charge on any atom is -0.356 e. The van der Waals surface area contributed by atoms with Gasteiger partial charge in [-0.05, 0) is 13.3 Å². The molecule has 0 aromatic rings. The Morgan fingerprint density at radius 2 is 2.33 bits per heavy atom. The number of alkyl halides is 1. The largest absolute Gasteiger partial charge is 0.356 e. The van der Waals surface area contributed by atoms with Crippen molar-refractivity contribution < 1.29 is 17.3 Å². The molecule has 0 N–H and O–H groups in total. The lowest BCUT2D eigenvalue weighted by Gasteiger charge is -2.24. The molecule has 0 saturated carbocycles. The summed E-state index contributed by atoms with van der Waals surface area (Å²) in [5.41, 5.74) is -0.402. The minimum atomic E-state index is -3.34. The zero-order valence-electron chi connectivity index (χ0n) is 8.00. The van der Waals surface area contributed by atoms with Gasteiger partial charge in [-0.3, -0.25) is 4.18 Å². The lowest BCUT2D eigenvalue weighted by atomic mass is 9.94. The highest BCUT2D eigenvalue weighted by Crippen LogP contribution is 2.56. The molecule has 4 nitrogen and oxygen atoms in total. The van der Waals surface area contributed by atoms with Gasteiger partial charge in [0.05, 0.1) is 5.25 Å². The van der Waals surface area contributed by atoms with Crippen molar-refractivity contribution in [1.82, 2.24) is 0 Å². The monoisotopic (exact) mass is 270 g/mol. The van der Waals surface area contributed by atoms with Crippen LogP contribution in [0.2, 0.25) is 0 Å². The molecule has 0 radical (unpaired) electrons. The second-order valence-corrected chi connectivity index (χ2v) is 7.93. The summed E-state index contributed by atoms with van der Waals surface area (Å²) in [6.45, 7) is 1.74. The van der Waals surface area contributed by atoms with Gasteiger partial charge < -0.3 is 4.74 Å². The molecular formula is C8H11ClO4S2. The fraction of sp³-hybridized carbons (Fsp3) is 1.00. The Bertz CT molecular complexity index is 382. The summed E-state index contributed by atoms with van der Waals surface area (Å²) in [5, 5.41) is -0.0353. The molecule has 6 unspecified atom stereocenters. The fourth-order valence-corrected chi connectivity index (χ4v) is 6.87.